The van der Waals surface area contributed by atoms with E-state index < -0.39 is 7.12 Å². The minimum absolute atomic E-state index is 0.279. The van der Waals surface area contributed by atoms with E-state index in [-0.39, 0.29) is 6.03 Å². The van der Waals surface area contributed by atoms with Crippen LogP contribution in [-0.4, -0.2) is 29.7 Å². The smallest absolute Gasteiger partial charge is 0.423 e. The van der Waals surface area contributed by atoms with E-state index in [4.69, 9.17) is 10.0 Å². The fourth-order valence-corrected chi connectivity index (χ4v) is 1.38. The number of urea groups is 1. The first-order chi connectivity index (χ1) is 7.54. The van der Waals surface area contributed by atoms with Crippen molar-refractivity contribution < 1.29 is 14.8 Å². The van der Waals surface area contributed by atoms with Crippen molar-refractivity contribution in [1.82, 2.24) is 5.32 Å². The summed E-state index contributed by atoms with van der Waals surface area (Å²) >= 11 is 0. The largest absolute Gasteiger partial charge is 0.488 e. The van der Waals surface area contributed by atoms with Gasteiger partial charge in [0, 0.05) is 12.2 Å². The second-order valence-corrected chi connectivity index (χ2v) is 3.43. The highest BCUT2D eigenvalue weighted by molar-refractivity contribution is 6.59. The normalized spacial score (nSPS) is 9.75. The van der Waals surface area contributed by atoms with Crippen LogP contribution in [0.15, 0.2) is 18.2 Å². The van der Waals surface area contributed by atoms with Crippen LogP contribution >= 0.6 is 0 Å². The molecular formula is C10H15BN2O3. The topological polar surface area (TPSA) is 81.6 Å². The van der Waals surface area contributed by atoms with Crippen molar-refractivity contribution in [3.63, 3.8) is 0 Å². The molecule has 4 N–H and O–H groups in total. The Morgan fingerprint density at radius 2 is 2.12 bits per heavy atom. The van der Waals surface area contributed by atoms with Gasteiger partial charge in [0.2, 0.25) is 0 Å². The Balaban J connectivity index is 2.77. The van der Waals surface area contributed by atoms with E-state index in [0.717, 1.165) is 0 Å². The van der Waals surface area contributed by atoms with Crippen molar-refractivity contribution in [2.24, 2.45) is 0 Å². The molecule has 0 radical (unpaired) electrons. The van der Waals surface area contributed by atoms with Crippen LogP contribution in [0.1, 0.15) is 12.5 Å². The molecule has 5 nitrogen and oxygen atoms in total. The number of hydrogen-bond donors (Lipinski definition) is 4. The lowest BCUT2D eigenvalue weighted by Crippen LogP contribution is -2.32. The quantitative estimate of drug-likeness (QED) is 0.535. The minimum atomic E-state index is -1.49. The average molecular weight is 222 g/mol. The van der Waals surface area contributed by atoms with Gasteiger partial charge in [-0.1, -0.05) is 6.07 Å². The first-order valence-electron chi connectivity index (χ1n) is 5.06. The molecule has 0 bridgehead atoms. The van der Waals surface area contributed by atoms with E-state index >= 15 is 0 Å². The van der Waals surface area contributed by atoms with Crippen LogP contribution in [-0.2, 0) is 0 Å². The van der Waals surface area contributed by atoms with Crippen LogP contribution in [0, 0.1) is 6.92 Å². The van der Waals surface area contributed by atoms with Crippen molar-refractivity contribution in [2.75, 3.05) is 11.9 Å². The van der Waals surface area contributed by atoms with Crippen LogP contribution in [0.25, 0.3) is 0 Å². The fraction of sp³-hybridized carbons (Fsp3) is 0.300. The van der Waals surface area contributed by atoms with Crippen LogP contribution in [0.3, 0.4) is 0 Å². The number of benzene rings is 1. The van der Waals surface area contributed by atoms with Gasteiger partial charge in [-0.2, -0.15) is 0 Å². The standard InChI is InChI=1S/C10H15BN2O3/c1-3-12-10(14)13-8-4-5-9(11(15)16)7(2)6-8/h4-6,15-16H,3H2,1-2H3,(H2,12,13,14). The zero-order chi connectivity index (χ0) is 12.1. The highest BCUT2D eigenvalue weighted by atomic mass is 16.4. The second-order valence-electron chi connectivity index (χ2n) is 3.43. The van der Waals surface area contributed by atoms with Gasteiger partial charge in [0.1, 0.15) is 0 Å². The number of aryl methyl sites for hydroxylation is 1. The highest BCUT2D eigenvalue weighted by Gasteiger charge is 2.13. The molecule has 1 aromatic carbocycles. The van der Waals surface area contributed by atoms with Gasteiger partial charge in [0.25, 0.3) is 0 Å². The lowest BCUT2D eigenvalue weighted by molar-refractivity contribution is 0.252. The van der Waals surface area contributed by atoms with Gasteiger partial charge in [0.05, 0.1) is 0 Å². The molecule has 0 aliphatic carbocycles. The molecule has 0 atom stereocenters. The summed E-state index contributed by atoms with van der Waals surface area (Å²) in [5.74, 6) is 0. The monoisotopic (exact) mass is 222 g/mol. The SMILES string of the molecule is CCNC(=O)Nc1ccc(B(O)O)c(C)c1. The number of amides is 2. The van der Waals surface area contributed by atoms with E-state index in [0.29, 0.717) is 23.3 Å². The van der Waals surface area contributed by atoms with E-state index in [2.05, 4.69) is 10.6 Å². The molecule has 0 fully saturated rings. The fourth-order valence-electron chi connectivity index (χ4n) is 1.38. The zero-order valence-corrected chi connectivity index (χ0v) is 9.32. The molecular weight excluding hydrogens is 207 g/mol. The Morgan fingerprint density at radius 1 is 1.44 bits per heavy atom. The van der Waals surface area contributed by atoms with Crippen molar-refractivity contribution in [1.29, 1.82) is 0 Å². The summed E-state index contributed by atoms with van der Waals surface area (Å²) in [4.78, 5) is 11.2. The zero-order valence-electron chi connectivity index (χ0n) is 9.32. The first-order valence-corrected chi connectivity index (χ1v) is 5.06. The number of anilines is 1. The number of carbonyl (C=O) groups excluding carboxylic acids is 1. The third kappa shape index (κ3) is 3.25. The summed E-state index contributed by atoms with van der Waals surface area (Å²) in [6, 6.07) is 4.60. The maximum atomic E-state index is 11.2. The molecule has 16 heavy (non-hydrogen) atoms. The van der Waals surface area contributed by atoms with E-state index in [1.54, 1.807) is 25.1 Å². The second kappa shape index (κ2) is 5.53. The summed E-state index contributed by atoms with van der Waals surface area (Å²) in [5.41, 5.74) is 1.76. The molecule has 0 aliphatic rings. The summed E-state index contributed by atoms with van der Waals surface area (Å²) < 4.78 is 0. The molecule has 2 amide bonds. The van der Waals surface area contributed by atoms with Gasteiger partial charge >= 0.3 is 13.1 Å². The Hall–Kier alpha value is -1.53. The van der Waals surface area contributed by atoms with Crippen LogP contribution in [0.4, 0.5) is 10.5 Å². The van der Waals surface area contributed by atoms with E-state index in [1.165, 1.54) is 0 Å². The third-order valence-corrected chi connectivity index (χ3v) is 2.14. The predicted octanol–water partition coefficient (Wildman–Crippen LogP) is -0.184. The number of hydrogen-bond acceptors (Lipinski definition) is 3. The van der Waals surface area contributed by atoms with Gasteiger partial charge in [-0.05, 0) is 37.0 Å². The number of rotatable bonds is 3. The van der Waals surface area contributed by atoms with Crippen LogP contribution in [0.5, 0.6) is 0 Å². The molecule has 0 heterocycles. The van der Waals surface area contributed by atoms with Gasteiger partial charge in [-0.25, -0.2) is 4.79 Å². The van der Waals surface area contributed by atoms with Gasteiger partial charge in [-0.15, -0.1) is 0 Å². The predicted molar refractivity (Wildman–Crippen MR) is 63.7 cm³/mol. The lowest BCUT2D eigenvalue weighted by Gasteiger charge is -2.09. The lowest BCUT2D eigenvalue weighted by atomic mass is 9.77. The van der Waals surface area contributed by atoms with Gasteiger partial charge in [-0.3, -0.25) is 0 Å². The van der Waals surface area contributed by atoms with Crippen molar-refractivity contribution >= 4 is 24.3 Å². The maximum Gasteiger partial charge on any atom is 0.488 e. The molecule has 0 aromatic heterocycles. The van der Waals surface area contributed by atoms with Crippen molar-refractivity contribution in [2.45, 2.75) is 13.8 Å². The summed E-state index contributed by atoms with van der Waals surface area (Å²) in [7, 11) is -1.49. The summed E-state index contributed by atoms with van der Waals surface area (Å²) in [5, 5.41) is 23.3. The van der Waals surface area contributed by atoms with Gasteiger partial charge in [0.15, 0.2) is 0 Å². The number of nitrogens with one attached hydrogen (secondary N) is 2. The molecule has 6 heteroatoms. The maximum absolute atomic E-state index is 11.2. The summed E-state index contributed by atoms with van der Waals surface area (Å²) in [6.07, 6.45) is 0. The van der Waals surface area contributed by atoms with Crippen LogP contribution < -0.4 is 16.1 Å². The Labute approximate surface area is 94.6 Å². The van der Waals surface area contributed by atoms with E-state index in [1.807, 2.05) is 6.92 Å². The molecule has 1 rings (SSSR count). The average Bonchev–Trinajstić information content (AvgIpc) is 2.17. The van der Waals surface area contributed by atoms with Crippen molar-refractivity contribution in [3.05, 3.63) is 23.8 Å². The third-order valence-electron chi connectivity index (χ3n) is 2.14. The molecule has 0 saturated heterocycles. The van der Waals surface area contributed by atoms with Crippen LogP contribution in [0.2, 0.25) is 0 Å². The Morgan fingerprint density at radius 3 is 2.62 bits per heavy atom. The van der Waals surface area contributed by atoms with Crippen molar-refractivity contribution in [3.8, 4) is 0 Å². The summed E-state index contributed by atoms with van der Waals surface area (Å²) in [6.45, 7) is 4.13. The first kappa shape index (κ1) is 12.5. The molecule has 0 spiro atoms. The van der Waals surface area contributed by atoms with Gasteiger partial charge < -0.3 is 20.7 Å². The Bertz CT molecular complexity index is 382. The molecule has 0 saturated carbocycles. The minimum Gasteiger partial charge on any atom is -0.423 e. The molecule has 1 aromatic rings. The molecule has 86 valence electrons. The highest BCUT2D eigenvalue weighted by Crippen LogP contribution is 2.08. The Kier molecular flexibility index (Phi) is 4.33. The molecule has 0 unspecified atom stereocenters. The number of carbonyl (C=O) groups is 1. The molecule has 0 aliphatic heterocycles. The van der Waals surface area contributed by atoms with E-state index in [9.17, 15) is 4.79 Å².